The molecule has 3 rings (SSSR count). The summed E-state index contributed by atoms with van der Waals surface area (Å²) in [5.41, 5.74) is 2.05. The fraction of sp³-hybridized carbons (Fsp3) is 0.400. The van der Waals surface area contributed by atoms with Gasteiger partial charge in [0.25, 0.3) is 0 Å². The molecule has 1 saturated heterocycles. The molecular weight excluding hydrogens is 486 g/mol. The van der Waals surface area contributed by atoms with E-state index in [0.717, 1.165) is 9.87 Å². The summed E-state index contributed by atoms with van der Waals surface area (Å²) in [5.74, 6) is -1.31. The van der Waals surface area contributed by atoms with Crippen LogP contribution in [-0.4, -0.2) is 72.8 Å². The van der Waals surface area contributed by atoms with Crippen molar-refractivity contribution in [3.8, 4) is 5.75 Å². The van der Waals surface area contributed by atoms with Gasteiger partial charge in [-0.25, -0.2) is 13.2 Å². The van der Waals surface area contributed by atoms with Gasteiger partial charge in [-0.1, -0.05) is 38.1 Å². The van der Waals surface area contributed by atoms with Crippen molar-refractivity contribution in [2.75, 3.05) is 26.2 Å². The zero-order valence-corrected chi connectivity index (χ0v) is 21.3. The highest BCUT2D eigenvalue weighted by Crippen LogP contribution is 2.24. The molecule has 0 radical (unpaired) electrons. The van der Waals surface area contributed by atoms with E-state index in [0.29, 0.717) is 5.92 Å². The molecule has 0 bridgehead atoms. The summed E-state index contributed by atoms with van der Waals surface area (Å²) in [6, 6.07) is 12.0. The highest BCUT2D eigenvalue weighted by molar-refractivity contribution is 7.89. The number of piperazine rings is 1. The summed E-state index contributed by atoms with van der Waals surface area (Å²) in [7, 11) is -4.09. The van der Waals surface area contributed by atoms with E-state index >= 15 is 0 Å². The Morgan fingerprint density at radius 3 is 2.25 bits per heavy atom. The number of carboxylic acid groups (broad SMARTS) is 1. The fourth-order valence-corrected chi connectivity index (χ4v) is 5.44. The average molecular weight is 518 g/mol. The molecule has 0 aliphatic carbocycles. The van der Waals surface area contributed by atoms with Gasteiger partial charge in [-0.15, -0.1) is 0 Å². The van der Waals surface area contributed by atoms with Gasteiger partial charge in [0.05, 0.1) is 4.90 Å². The molecule has 1 aliphatic heterocycles. The third-order valence-corrected chi connectivity index (χ3v) is 7.91. The van der Waals surface area contributed by atoms with Crippen LogP contribution in [0.4, 0.5) is 0 Å². The molecular formula is C25H31N3O7S. The van der Waals surface area contributed by atoms with Gasteiger partial charge in [0.15, 0.2) is 6.61 Å². The van der Waals surface area contributed by atoms with Crippen LogP contribution in [-0.2, 0) is 31.0 Å². The molecule has 0 aromatic heterocycles. The molecule has 1 atom stereocenters. The molecule has 11 heteroatoms. The molecule has 2 amide bonds. The number of aliphatic carboxylic acids is 1. The topological polar surface area (TPSA) is 133 Å². The first kappa shape index (κ1) is 27.2. The summed E-state index contributed by atoms with van der Waals surface area (Å²) >= 11 is 0. The highest BCUT2D eigenvalue weighted by Gasteiger charge is 2.40. The molecule has 0 unspecified atom stereocenters. The predicted molar refractivity (Wildman–Crippen MR) is 132 cm³/mol. The SMILES string of the molecule is CC(=O)N1CCN(S(=O)(=O)c2ccc(OCC(=O)O)cc2)[C@@H](C(=O)NCc2ccc(C(C)C)cc2)C1. The smallest absolute Gasteiger partial charge is 0.341 e. The fourth-order valence-electron chi connectivity index (χ4n) is 3.87. The Kier molecular flexibility index (Phi) is 8.70. The van der Waals surface area contributed by atoms with E-state index in [9.17, 15) is 22.8 Å². The van der Waals surface area contributed by atoms with E-state index < -0.39 is 34.5 Å². The van der Waals surface area contributed by atoms with Gasteiger partial charge in [-0.05, 0) is 41.3 Å². The molecule has 0 saturated carbocycles. The Hall–Kier alpha value is -3.44. The zero-order valence-electron chi connectivity index (χ0n) is 20.5. The Labute approximate surface area is 210 Å². The van der Waals surface area contributed by atoms with Gasteiger partial charge < -0.3 is 20.1 Å². The summed E-state index contributed by atoms with van der Waals surface area (Å²) < 4.78 is 33.0. The van der Waals surface area contributed by atoms with E-state index in [1.165, 1.54) is 41.7 Å². The second-order valence-electron chi connectivity index (χ2n) is 8.86. The molecule has 194 valence electrons. The lowest BCUT2D eigenvalue weighted by atomic mass is 10.0. The Morgan fingerprint density at radius 2 is 1.69 bits per heavy atom. The molecule has 1 fully saturated rings. The lowest BCUT2D eigenvalue weighted by Crippen LogP contribution is -2.61. The Bertz CT molecular complexity index is 1200. The van der Waals surface area contributed by atoms with E-state index in [-0.39, 0.29) is 42.7 Å². The van der Waals surface area contributed by atoms with Crippen molar-refractivity contribution < 1.29 is 32.6 Å². The number of nitrogens with zero attached hydrogens (tertiary/aromatic N) is 2. The number of hydrogen-bond acceptors (Lipinski definition) is 6. The van der Waals surface area contributed by atoms with Crippen LogP contribution in [0.25, 0.3) is 0 Å². The van der Waals surface area contributed by atoms with Gasteiger partial charge in [0, 0.05) is 33.1 Å². The average Bonchev–Trinajstić information content (AvgIpc) is 2.86. The molecule has 10 nitrogen and oxygen atoms in total. The van der Waals surface area contributed by atoms with Crippen molar-refractivity contribution in [1.82, 2.24) is 14.5 Å². The molecule has 36 heavy (non-hydrogen) atoms. The third kappa shape index (κ3) is 6.61. The summed E-state index contributed by atoms with van der Waals surface area (Å²) in [6.07, 6.45) is 0. The van der Waals surface area contributed by atoms with Crippen molar-refractivity contribution in [1.29, 1.82) is 0 Å². The van der Waals surface area contributed by atoms with Gasteiger partial charge in [-0.3, -0.25) is 9.59 Å². The van der Waals surface area contributed by atoms with E-state index in [4.69, 9.17) is 9.84 Å². The largest absolute Gasteiger partial charge is 0.482 e. The lowest BCUT2D eigenvalue weighted by molar-refractivity contribution is -0.139. The first-order valence-corrected chi connectivity index (χ1v) is 13.0. The molecule has 2 aromatic carbocycles. The normalized spacial score (nSPS) is 16.6. The number of carbonyl (C=O) groups is 3. The van der Waals surface area contributed by atoms with Crippen molar-refractivity contribution in [3.63, 3.8) is 0 Å². The van der Waals surface area contributed by atoms with Crippen molar-refractivity contribution >= 4 is 27.8 Å². The summed E-state index contributed by atoms with van der Waals surface area (Å²) in [6.45, 7) is 5.28. The number of amides is 2. The molecule has 1 heterocycles. The number of rotatable bonds is 9. The maximum Gasteiger partial charge on any atom is 0.341 e. The molecule has 2 N–H and O–H groups in total. The quantitative estimate of drug-likeness (QED) is 0.518. The highest BCUT2D eigenvalue weighted by atomic mass is 32.2. The number of nitrogens with one attached hydrogen (secondary N) is 1. The standard InChI is InChI=1S/C25H31N3O7S/c1-17(2)20-6-4-19(5-7-20)14-26-25(32)23-15-27(18(3)29)12-13-28(23)36(33,34)22-10-8-21(9-11-22)35-16-24(30)31/h4-11,17,23H,12-16H2,1-3H3,(H,26,32)(H,30,31)/t23-/m1/s1. The van der Waals surface area contributed by atoms with Gasteiger partial charge >= 0.3 is 5.97 Å². The van der Waals surface area contributed by atoms with Crippen molar-refractivity contribution in [3.05, 3.63) is 59.7 Å². The summed E-state index contributed by atoms with van der Waals surface area (Å²) in [4.78, 5) is 37.2. The van der Waals surface area contributed by atoms with Crippen LogP contribution in [0.1, 0.15) is 37.8 Å². The number of sulfonamides is 1. The number of carbonyl (C=O) groups excluding carboxylic acids is 2. The van der Waals surface area contributed by atoms with E-state index in [1.807, 2.05) is 24.3 Å². The van der Waals surface area contributed by atoms with E-state index in [1.54, 1.807) is 0 Å². The number of benzene rings is 2. The van der Waals surface area contributed by atoms with Crippen LogP contribution in [0.3, 0.4) is 0 Å². The van der Waals surface area contributed by atoms with Crippen molar-refractivity contribution in [2.24, 2.45) is 0 Å². The van der Waals surface area contributed by atoms with Gasteiger partial charge in [-0.2, -0.15) is 4.31 Å². The van der Waals surface area contributed by atoms with Gasteiger partial charge in [0.2, 0.25) is 21.8 Å². The zero-order chi connectivity index (χ0) is 26.5. The second kappa shape index (κ2) is 11.5. The van der Waals surface area contributed by atoms with Gasteiger partial charge in [0.1, 0.15) is 11.8 Å². The van der Waals surface area contributed by atoms with Crippen LogP contribution in [0, 0.1) is 0 Å². The van der Waals surface area contributed by atoms with Crippen molar-refractivity contribution in [2.45, 2.75) is 44.2 Å². The Morgan fingerprint density at radius 1 is 1.06 bits per heavy atom. The maximum absolute atomic E-state index is 13.4. The first-order valence-electron chi connectivity index (χ1n) is 11.6. The molecule has 0 spiro atoms. The maximum atomic E-state index is 13.4. The third-order valence-electron chi connectivity index (χ3n) is 5.98. The minimum Gasteiger partial charge on any atom is -0.482 e. The predicted octanol–water partition coefficient (Wildman–Crippen LogP) is 1.81. The number of carboxylic acids is 1. The number of hydrogen-bond donors (Lipinski definition) is 2. The minimum atomic E-state index is -4.09. The second-order valence-corrected chi connectivity index (χ2v) is 10.8. The summed E-state index contributed by atoms with van der Waals surface area (Å²) in [5, 5.41) is 11.5. The van der Waals surface area contributed by atoms with E-state index in [2.05, 4.69) is 19.2 Å². The first-order chi connectivity index (χ1) is 17.0. The van der Waals surface area contributed by atoms with Crippen LogP contribution in [0.15, 0.2) is 53.4 Å². The number of ether oxygens (including phenoxy) is 1. The van der Waals surface area contributed by atoms with Crippen LogP contribution in [0.2, 0.25) is 0 Å². The van der Waals surface area contributed by atoms with Crippen LogP contribution < -0.4 is 10.1 Å². The van der Waals surface area contributed by atoms with Crippen LogP contribution in [0.5, 0.6) is 5.75 Å². The minimum absolute atomic E-state index is 0.0413. The van der Waals surface area contributed by atoms with Crippen LogP contribution >= 0.6 is 0 Å². The lowest BCUT2D eigenvalue weighted by Gasteiger charge is -2.39. The Balaban J connectivity index is 1.78. The monoisotopic (exact) mass is 517 g/mol. The molecule has 2 aromatic rings. The molecule has 1 aliphatic rings.